The van der Waals surface area contributed by atoms with Gasteiger partial charge in [-0.15, -0.1) is 0 Å². The van der Waals surface area contributed by atoms with Gasteiger partial charge in [0.2, 0.25) is 5.91 Å². The molecule has 0 aliphatic heterocycles. The number of amides is 1. The standard InChI is InChI=1S/C27H54N2O9/c1-25(2)26(3)6-9-31-11-13-33-15-17-35-19-21-37-23-24-38-22-20-36-18-16-34-14-12-32-10-8-29-27(30)5-4-7-28/h25H,3-24,28H2,1-2H3,(H,29,30). The molecule has 0 unspecified atom stereocenters. The minimum Gasteiger partial charge on any atom is -0.379 e. The summed E-state index contributed by atoms with van der Waals surface area (Å²) in [6, 6.07) is 0. The van der Waals surface area contributed by atoms with Crippen LogP contribution in [0.25, 0.3) is 0 Å². The van der Waals surface area contributed by atoms with Gasteiger partial charge in [0.15, 0.2) is 0 Å². The third kappa shape index (κ3) is 29.4. The van der Waals surface area contributed by atoms with Crippen molar-refractivity contribution in [3.8, 4) is 0 Å². The van der Waals surface area contributed by atoms with Crippen LogP contribution in [-0.4, -0.2) is 125 Å². The van der Waals surface area contributed by atoms with E-state index in [9.17, 15) is 4.79 Å². The lowest BCUT2D eigenvalue weighted by Gasteiger charge is -2.10. The molecule has 0 heterocycles. The van der Waals surface area contributed by atoms with E-state index in [0.29, 0.717) is 138 Å². The molecule has 0 rings (SSSR count). The van der Waals surface area contributed by atoms with Gasteiger partial charge in [-0.25, -0.2) is 0 Å². The third-order valence-corrected chi connectivity index (χ3v) is 5.16. The lowest BCUT2D eigenvalue weighted by atomic mass is 10.0. The summed E-state index contributed by atoms with van der Waals surface area (Å²) in [5.41, 5.74) is 6.58. The van der Waals surface area contributed by atoms with Crippen molar-refractivity contribution >= 4 is 5.91 Å². The Bertz CT molecular complexity index is 525. The van der Waals surface area contributed by atoms with Crippen LogP contribution in [0.3, 0.4) is 0 Å². The first-order valence-corrected chi connectivity index (χ1v) is 13.8. The normalized spacial score (nSPS) is 11.4. The molecule has 0 aromatic heterocycles. The highest BCUT2D eigenvalue weighted by atomic mass is 16.6. The summed E-state index contributed by atoms with van der Waals surface area (Å²) in [6.07, 6.45) is 2.05. The summed E-state index contributed by atoms with van der Waals surface area (Å²) in [6.45, 7) is 17.8. The Morgan fingerprint density at radius 3 is 1.29 bits per heavy atom. The summed E-state index contributed by atoms with van der Waals surface area (Å²) in [4.78, 5) is 11.4. The van der Waals surface area contributed by atoms with Gasteiger partial charge in [0, 0.05) is 13.0 Å². The van der Waals surface area contributed by atoms with E-state index < -0.39 is 0 Å². The fourth-order valence-corrected chi connectivity index (χ4v) is 2.75. The molecule has 0 aromatic rings. The molecule has 226 valence electrons. The van der Waals surface area contributed by atoms with Crippen molar-refractivity contribution < 1.29 is 42.7 Å². The van der Waals surface area contributed by atoms with E-state index in [4.69, 9.17) is 43.6 Å². The second kappa shape index (κ2) is 30.4. The lowest BCUT2D eigenvalue weighted by molar-refractivity contribution is -0.121. The number of ether oxygens (including phenoxy) is 8. The number of hydrogen-bond donors (Lipinski definition) is 2. The molecule has 0 radical (unpaired) electrons. The molecule has 0 aromatic carbocycles. The van der Waals surface area contributed by atoms with Crippen LogP contribution in [-0.2, 0) is 42.7 Å². The largest absolute Gasteiger partial charge is 0.379 e. The summed E-state index contributed by atoms with van der Waals surface area (Å²) < 4.78 is 43.6. The van der Waals surface area contributed by atoms with Crippen LogP contribution in [0.15, 0.2) is 12.2 Å². The lowest BCUT2D eigenvalue weighted by Crippen LogP contribution is -2.27. The molecule has 3 N–H and O–H groups in total. The Labute approximate surface area is 229 Å². The van der Waals surface area contributed by atoms with Gasteiger partial charge < -0.3 is 48.9 Å². The van der Waals surface area contributed by atoms with Crippen molar-refractivity contribution in [3.63, 3.8) is 0 Å². The maximum absolute atomic E-state index is 11.4. The Kier molecular flexibility index (Phi) is 29.5. The Balaban J connectivity index is 3.09. The van der Waals surface area contributed by atoms with Crippen molar-refractivity contribution in [2.45, 2.75) is 33.1 Å². The smallest absolute Gasteiger partial charge is 0.220 e. The van der Waals surface area contributed by atoms with Gasteiger partial charge in [0.1, 0.15) is 0 Å². The van der Waals surface area contributed by atoms with Crippen LogP contribution in [0.5, 0.6) is 0 Å². The van der Waals surface area contributed by atoms with Gasteiger partial charge in [-0.3, -0.25) is 4.79 Å². The SMILES string of the molecule is C=C(CCOCCOCCOCCOCCOCCOCCOCCOCCNC(=O)CCCN)C(C)C. The van der Waals surface area contributed by atoms with Gasteiger partial charge >= 0.3 is 0 Å². The van der Waals surface area contributed by atoms with E-state index in [0.717, 1.165) is 6.42 Å². The first kappa shape index (κ1) is 36.8. The van der Waals surface area contributed by atoms with Crippen LogP contribution >= 0.6 is 0 Å². The molecule has 11 heteroatoms. The summed E-state index contributed by atoms with van der Waals surface area (Å²) in [5.74, 6) is 0.508. The predicted octanol–water partition coefficient (Wildman–Crippen LogP) is 1.58. The number of rotatable bonds is 31. The molecule has 11 nitrogen and oxygen atoms in total. The number of hydrogen-bond acceptors (Lipinski definition) is 10. The maximum Gasteiger partial charge on any atom is 0.220 e. The number of nitrogens with one attached hydrogen (secondary N) is 1. The third-order valence-electron chi connectivity index (χ3n) is 5.16. The fourth-order valence-electron chi connectivity index (χ4n) is 2.75. The Morgan fingerprint density at radius 1 is 0.605 bits per heavy atom. The predicted molar refractivity (Wildman–Crippen MR) is 146 cm³/mol. The molecule has 0 spiro atoms. The highest BCUT2D eigenvalue weighted by molar-refractivity contribution is 5.75. The van der Waals surface area contributed by atoms with E-state index in [-0.39, 0.29) is 5.91 Å². The topological polar surface area (TPSA) is 129 Å². The van der Waals surface area contributed by atoms with Gasteiger partial charge in [-0.1, -0.05) is 26.0 Å². The maximum atomic E-state index is 11.4. The minimum absolute atomic E-state index is 0.00380. The summed E-state index contributed by atoms with van der Waals surface area (Å²) >= 11 is 0. The molecule has 0 saturated carbocycles. The monoisotopic (exact) mass is 550 g/mol. The number of carbonyl (C=O) groups excluding carboxylic acids is 1. The van der Waals surface area contributed by atoms with Crippen LogP contribution in [0.4, 0.5) is 0 Å². The molecule has 38 heavy (non-hydrogen) atoms. The van der Waals surface area contributed by atoms with E-state index in [1.807, 2.05) is 0 Å². The Morgan fingerprint density at radius 2 is 0.947 bits per heavy atom. The molecule has 0 saturated heterocycles. The van der Waals surface area contributed by atoms with Crippen molar-refractivity contribution in [2.24, 2.45) is 11.7 Å². The van der Waals surface area contributed by atoms with Crippen LogP contribution in [0.1, 0.15) is 33.1 Å². The van der Waals surface area contributed by atoms with Crippen molar-refractivity contribution in [1.82, 2.24) is 5.32 Å². The number of nitrogens with two attached hydrogens (primary N) is 1. The quantitative estimate of drug-likeness (QED) is 0.0969. The average Bonchev–Trinajstić information content (AvgIpc) is 2.91. The molecule has 0 aliphatic carbocycles. The van der Waals surface area contributed by atoms with Crippen LogP contribution in [0, 0.1) is 5.92 Å². The molecule has 0 fully saturated rings. The minimum atomic E-state index is 0.00380. The number of carbonyl (C=O) groups is 1. The van der Waals surface area contributed by atoms with Crippen molar-refractivity contribution in [2.75, 3.05) is 119 Å². The fraction of sp³-hybridized carbons (Fsp3) is 0.889. The highest BCUT2D eigenvalue weighted by Gasteiger charge is 2.00. The Hall–Kier alpha value is -1.15. The molecular formula is C27H54N2O9. The molecule has 1 amide bonds. The summed E-state index contributed by atoms with van der Waals surface area (Å²) in [7, 11) is 0. The van der Waals surface area contributed by atoms with E-state index in [1.54, 1.807) is 0 Å². The molecule has 0 bridgehead atoms. The van der Waals surface area contributed by atoms with E-state index in [2.05, 4.69) is 25.7 Å². The first-order valence-electron chi connectivity index (χ1n) is 13.8. The van der Waals surface area contributed by atoms with E-state index in [1.165, 1.54) is 5.57 Å². The zero-order valence-corrected chi connectivity index (χ0v) is 23.9. The van der Waals surface area contributed by atoms with Crippen LogP contribution < -0.4 is 11.1 Å². The summed E-state index contributed by atoms with van der Waals surface area (Å²) in [5, 5.41) is 2.77. The van der Waals surface area contributed by atoms with Crippen molar-refractivity contribution in [3.05, 3.63) is 12.2 Å². The van der Waals surface area contributed by atoms with E-state index >= 15 is 0 Å². The van der Waals surface area contributed by atoms with Crippen molar-refractivity contribution in [1.29, 1.82) is 0 Å². The second-order valence-electron chi connectivity index (χ2n) is 8.70. The van der Waals surface area contributed by atoms with Gasteiger partial charge in [0.25, 0.3) is 0 Å². The zero-order valence-electron chi connectivity index (χ0n) is 23.9. The van der Waals surface area contributed by atoms with Crippen LogP contribution in [0.2, 0.25) is 0 Å². The molecular weight excluding hydrogens is 496 g/mol. The average molecular weight is 551 g/mol. The second-order valence-corrected chi connectivity index (χ2v) is 8.70. The highest BCUT2D eigenvalue weighted by Crippen LogP contribution is 2.10. The molecule has 0 atom stereocenters. The van der Waals surface area contributed by atoms with Gasteiger partial charge in [-0.05, 0) is 25.3 Å². The molecule has 0 aliphatic rings. The zero-order chi connectivity index (χ0) is 27.9. The van der Waals surface area contributed by atoms with Gasteiger partial charge in [-0.2, -0.15) is 0 Å². The first-order chi connectivity index (χ1) is 18.6. The van der Waals surface area contributed by atoms with Gasteiger partial charge in [0.05, 0.1) is 106 Å².